The molecule has 0 aliphatic heterocycles. The number of amides is 1. The molecule has 0 spiro atoms. The summed E-state index contributed by atoms with van der Waals surface area (Å²) in [7, 11) is 0. The van der Waals surface area contributed by atoms with Crippen LogP contribution in [0.1, 0.15) is 0 Å². The first-order valence-corrected chi connectivity index (χ1v) is 6.63. The summed E-state index contributed by atoms with van der Waals surface area (Å²) in [5.41, 5.74) is 0.705. The molecule has 0 atom stereocenters. The summed E-state index contributed by atoms with van der Waals surface area (Å²) in [4.78, 5) is 15.8. The highest BCUT2D eigenvalue weighted by molar-refractivity contribution is 5.92. The molecule has 0 saturated heterocycles. The summed E-state index contributed by atoms with van der Waals surface area (Å²) < 4.78 is 5.63. The maximum atomic E-state index is 11.9. The van der Waals surface area contributed by atoms with E-state index in [2.05, 4.69) is 10.3 Å². The van der Waals surface area contributed by atoms with Crippen LogP contribution in [0.3, 0.4) is 0 Å². The zero-order chi connectivity index (χ0) is 14.5. The Hall–Kier alpha value is -2.88. The monoisotopic (exact) mass is 278 g/mol. The van der Waals surface area contributed by atoms with Gasteiger partial charge in [-0.1, -0.05) is 36.4 Å². The quantitative estimate of drug-likeness (QED) is 0.797. The van der Waals surface area contributed by atoms with Crippen molar-refractivity contribution >= 4 is 22.4 Å². The molecule has 1 amide bonds. The van der Waals surface area contributed by atoms with Crippen molar-refractivity contribution < 1.29 is 9.53 Å². The predicted octanol–water partition coefficient (Wildman–Crippen LogP) is 3.25. The van der Waals surface area contributed by atoms with Gasteiger partial charge in [-0.15, -0.1) is 0 Å². The number of hydrogen-bond donors (Lipinski definition) is 1. The van der Waals surface area contributed by atoms with E-state index in [0.29, 0.717) is 11.4 Å². The van der Waals surface area contributed by atoms with Crippen LogP contribution in [0.25, 0.3) is 10.8 Å². The Bertz CT molecular complexity index is 752. The zero-order valence-electron chi connectivity index (χ0n) is 11.3. The third kappa shape index (κ3) is 3.17. The van der Waals surface area contributed by atoms with Crippen LogP contribution in [0.5, 0.6) is 5.75 Å². The van der Waals surface area contributed by atoms with Crippen LogP contribution >= 0.6 is 0 Å². The van der Waals surface area contributed by atoms with Crippen LogP contribution in [-0.2, 0) is 4.79 Å². The van der Waals surface area contributed by atoms with Gasteiger partial charge in [0.1, 0.15) is 5.75 Å². The molecule has 1 aromatic heterocycles. The number of nitrogens with one attached hydrogen (secondary N) is 1. The van der Waals surface area contributed by atoms with Gasteiger partial charge in [-0.3, -0.25) is 9.78 Å². The van der Waals surface area contributed by atoms with Crippen molar-refractivity contribution in [1.82, 2.24) is 4.98 Å². The Morgan fingerprint density at radius 3 is 2.62 bits per heavy atom. The number of carbonyl (C=O) groups is 1. The van der Waals surface area contributed by atoms with E-state index in [4.69, 9.17) is 4.74 Å². The molecule has 104 valence electrons. The molecule has 3 rings (SSSR count). The first-order chi connectivity index (χ1) is 10.3. The molecule has 1 N–H and O–H groups in total. The molecule has 0 unspecified atom stereocenters. The Kier molecular flexibility index (Phi) is 3.78. The molecule has 4 heteroatoms. The van der Waals surface area contributed by atoms with Gasteiger partial charge in [-0.25, -0.2) is 0 Å². The molecule has 0 aliphatic rings. The van der Waals surface area contributed by atoms with Crippen LogP contribution in [0, 0.1) is 0 Å². The lowest BCUT2D eigenvalue weighted by molar-refractivity contribution is -0.118. The fourth-order valence-electron chi connectivity index (χ4n) is 2.10. The minimum atomic E-state index is -0.200. The lowest BCUT2D eigenvalue weighted by Gasteiger charge is -2.09. The van der Waals surface area contributed by atoms with Gasteiger partial charge in [0.2, 0.25) is 0 Å². The van der Waals surface area contributed by atoms with Crippen molar-refractivity contribution in [2.75, 3.05) is 11.9 Å². The van der Waals surface area contributed by atoms with Gasteiger partial charge >= 0.3 is 0 Å². The molecule has 0 fully saturated rings. The van der Waals surface area contributed by atoms with Crippen molar-refractivity contribution in [2.24, 2.45) is 0 Å². The molecule has 0 saturated carbocycles. The van der Waals surface area contributed by atoms with Gasteiger partial charge in [0.25, 0.3) is 5.91 Å². The van der Waals surface area contributed by atoms with Crippen molar-refractivity contribution in [1.29, 1.82) is 0 Å². The number of nitrogens with zero attached hydrogens (tertiary/aromatic N) is 1. The summed E-state index contributed by atoms with van der Waals surface area (Å²) in [5.74, 6) is 0.507. The van der Waals surface area contributed by atoms with Crippen molar-refractivity contribution in [3.8, 4) is 5.75 Å². The molecule has 1 heterocycles. The Morgan fingerprint density at radius 1 is 1.00 bits per heavy atom. The lowest BCUT2D eigenvalue weighted by Crippen LogP contribution is -2.20. The summed E-state index contributed by atoms with van der Waals surface area (Å²) in [6, 6.07) is 17.2. The molecule has 21 heavy (non-hydrogen) atoms. The van der Waals surface area contributed by atoms with E-state index in [9.17, 15) is 4.79 Å². The smallest absolute Gasteiger partial charge is 0.262 e. The number of rotatable bonds is 4. The van der Waals surface area contributed by atoms with Crippen LogP contribution in [0.4, 0.5) is 5.69 Å². The van der Waals surface area contributed by atoms with E-state index in [1.807, 2.05) is 42.5 Å². The van der Waals surface area contributed by atoms with E-state index in [0.717, 1.165) is 10.8 Å². The molecule has 0 aliphatic carbocycles. The normalized spacial score (nSPS) is 10.3. The van der Waals surface area contributed by atoms with Gasteiger partial charge in [0.15, 0.2) is 6.61 Å². The molecule has 2 aromatic carbocycles. The first-order valence-electron chi connectivity index (χ1n) is 6.63. The predicted molar refractivity (Wildman–Crippen MR) is 82.3 cm³/mol. The molecular formula is C17H14N2O2. The van der Waals surface area contributed by atoms with E-state index < -0.39 is 0 Å². The standard InChI is InChI=1S/C17H14N2O2/c20-17(19-14-8-10-18-11-9-14)12-21-16-7-3-5-13-4-1-2-6-15(13)16/h1-11H,12H2,(H,18,19,20). The average molecular weight is 278 g/mol. The molecule has 4 nitrogen and oxygen atoms in total. The largest absolute Gasteiger partial charge is 0.483 e. The van der Waals surface area contributed by atoms with Gasteiger partial charge in [0.05, 0.1) is 0 Å². The van der Waals surface area contributed by atoms with Gasteiger partial charge in [-0.05, 0) is 23.6 Å². The maximum Gasteiger partial charge on any atom is 0.262 e. The highest BCUT2D eigenvalue weighted by Gasteiger charge is 2.06. The first kappa shape index (κ1) is 13.1. The number of aromatic nitrogens is 1. The Labute approximate surface area is 122 Å². The maximum absolute atomic E-state index is 11.9. The average Bonchev–Trinajstić information content (AvgIpc) is 2.54. The summed E-state index contributed by atoms with van der Waals surface area (Å²) in [5, 5.41) is 4.84. The SMILES string of the molecule is O=C(COc1cccc2ccccc12)Nc1ccncc1. The third-order valence-corrected chi connectivity index (χ3v) is 3.07. The fraction of sp³-hybridized carbons (Fsp3) is 0.0588. The van der Waals surface area contributed by atoms with Crippen LogP contribution in [0.15, 0.2) is 67.0 Å². The van der Waals surface area contributed by atoms with Gasteiger partial charge < -0.3 is 10.1 Å². The highest BCUT2D eigenvalue weighted by atomic mass is 16.5. The molecule has 0 bridgehead atoms. The minimum absolute atomic E-state index is 0.0314. The van der Waals surface area contributed by atoms with Crippen molar-refractivity contribution in [2.45, 2.75) is 0 Å². The minimum Gasteiger partial charge on any atom is -0.483 e. The van der Waals surface area contributed by atoms with Crippen molar-refractivity contribution in [3.05, 3.63) is 67.0 Å². The Balaban J connectivity index is 1.68. The number of carbonyl (C=O) groups excluding carboxylic acids is 1. The summed E-state index contributed by atoms with van der Waals surface area (Å²) in [6.07, 6.45) is 3.25. The number of fused-ring (bicyclic) bond motifs is 1. The second-order valence-corrected chi connectivity index (χ2v) is 4.55. The molecular weight excluding hydrogens is 264 g/mol. The highest BCUT2D eigenvalue weighted by Crippen LogP contribution is 2.24. The Morgan fingerprint density at radius 2 is 1.76 bits per heavy atom. The number of ether oxygens (including phenoxy) is 1. The second kappa shape index (κ2) is 6.05. The van der Waals surface area contributed by atoms with E-state index in [1.54, 1.807) is 24.5 Å². The third-order valence-electron chi connectivity index (χ3n) is 3.07. The number of anilines is 1. The van der Waals surface area contributed by atoms with E-state index in [1.165, 1.54) is 0 Å². The number of pyridine rings is 1. The molecule has 0 radical (unpaired) electrons. The summed E-state index contributed by atoms with van der Waals surface area (Å²) >= 11 is 0. The van der Waals surface area contributed by atoms with Gasteiger partial charge in [0, 0.05) is 23.5 Å². The lowest BCUT2D eigenvalue weighted by atomic mass is 10.1. The zero-order valence-corrected chi connectivity index (χ0v) is 11.3. The van der Waals surface area contributed by atoms with E-state index >= 15 is 0 Å². The summed E-state index contributed by atoms with van der Waals surface area (Å²) in [6.45, 7) is -0.0314. The van der Waals surface area contributed by atoms with Crippen molar-refractivity contribution in [3.63, 3.8) is 0 Å². The van der Waals surface area contributed by atoms with Gasteiger partial charge in [-0.2, -0.15) is 0 Å². The fourth-order valence-corrected chi connectivity index (χ4v) is 2.10. The van der Waals surface area contributed by atoms with E-state index in [-0.39, 0.29) is 12.5 Å². The molecule has 3 aromatic rings. The van der Waals surface area contributed by atoms with Crippen LogP contribution in [0.2, 0.25) is 0 Å². The number of hydrogen-bond acceptors (Lipinski definition) is 3. The van der Waals surface area contributed by atoms with Crippen LogP contribution in [-0.4, -0.2) is 17.5 Å². The second-order valence-electron chi connectivity index (χ2n) is 4.55. The van der Waals surface area contributed by atoms with Crippen LogP contribution < -0.4 is 10.1 Å². The topological polar surface area (TPSA) is 51.2 Å². The number of benzene rings is 2.